The molecule has 0 aromatic heterocycles. The summed E-state index contributed by atoms with van der Waals surface area (Å²) >= 11 is 0. The number of ether oxygens (including phenoxy) is 1. The number of hydrogen-bond donors (Lipinski definition) is 1. The molecule has 0 aliphatic rings. The SMILES string of the molecule is CCO/C=C(/[P+](=O)O)C(C)(C)C. The molecule has 0 rings (SSSR count). The Bertz CT molecular complexity index is 191. The quantitative estimate of drug-likeness (QED) is 0.551. The molecule has 0 aromatic rings. The van der Waals surface area contributed by atoms with Crippen molar-refractivity contribution in [3.8, 4) is 0 Å². The van der Waals surface area contributed by atoms with Crippen LogP contribution in [0.4, 0.5) is 0 Å². The zero-order valence-electron chi connectivity index (χ0n) is 8.00. The second-order valence-corrected chi connectivity index (χ2v) is 4.51. The molecular formula is C8H16O3P+. The largest absolute Gasteiger partial charge is 0.545 e. The minimum absolute atomic E-state index is 0.308. The van der Waals surface area contributed by atoms with Gasteiger partial charge in [-0.2, -0.15) is 4.89 Å². The summed E-state index contributed by atoms with van der Waals surface area (Å²) in [6.07, 6.45) is 1.39. The summed E-state index contributed by atoms with van der Waals surface area (Å²) in [6, 6.07) is 0. The van der Waals surface area contributed by atoms with E-state index in [1.54, 1.807) is 0 Å². The van der Waals surface area contributed by atoms with E-state index in [0.717, 1.165) is 0 Å². The maximum absolute atomic E-state index is 10.9. The molecule has 12 heavy (non-hydrogen) atoms. The second kappa shape index (κ2) is 4.58. The fourth-order valence-electron chi connectivity index (χ4n) is 0.671. The molecule has 0 spiro atoms. The van der Waals surface area contributed by atoms with Gasteiger partial charge >= 0.3 is 8.03 Å². The third-order valence-electron chi connectivity index (χ3n) is 1.34. The van der Waals surface area contributed by atoms with Crippen molar-refractivity contribution in [1.29, 1.82) is 0 Å². The van der Waals surface area contributed by atoms with Gasteiger partial charge in [0.05, 0.1) is 6.61 Å². The van der Waals surface area contributed by atoms with E-state index < -0.39 is 8.03 Å². The molecule has 0 amide bonds. The fraction of sp³-hybridized carbons (Fsp3) is 0.750. The van der Waals surface area contributed by atoms with Crippen molar-refractivity contribution in [2.24, 2.45) is 5.41 Å². The van der Waals surface area contributed by atoms with Gasteiger partial charge in [0.15, 0.2) is 0 Å². The summed E-state index contributed by atoms with van der Waals surface area (Å²) in [6.45, 7) is 7.98. The van der Waals surface area contributed by atoms with Crippen LogP contribution in [0.3, 0.4) is 0 Å². The van der Waals surface area contributed by atoms with Crippen LogP contribution in [-0.4, -0.2) is 11.5 Å². The zero-order valence-corrected chi connectivity index (χ0v) is 8.89. The summed E-state index contributed by atoms with van der Waals surface area (Å²) < 4.78 is 15.8. The Morgan fingerprint density at radius 2 is 2.08 bits per heavy atom. The van der Waals surface area contributed by atoms with Crippen molar-refractivity contribution in [1.82, 2.24) is 0 Å². The molecule has 1 N–H and O–H groups in total. The fourth-order valence-corrected chi connectivity index (χ4v) is 1.41. The lowest BCUT2D eigenvalue weighted by molar-refractivity contribution is 0.261. The normalized spacial score (nSPS) is 14.4. The van der Waals surface area contributed by atoms with Crippen LogP contribution in [-0.2, 0) is 9.30 Å². The first kappa shape index (κ1) is 11.6. The minimum Gasteiger partial charge on any atom is -0.497 e. The van der Waals surface area contributed by atoms with Crippen LogP contribution < -0.4 is 0 Å². The van der Waals surface area contributed by atoms with Gasteiger partial charge in [0.1, 0.15) is 6.26 Å². The summed E-state index contributed by atoms with van der Waals surface area (Å²) in [7, 11) is -2.28. The highest BCUT2D eigenvalue weighted by Gasteiger charge is 2.34. The molecule has 0 heterocycles. The van der Waals surface area contributed by atoms with E-state index in [0.29, 0.717) is 11.9 Å². The van der Waals surface area contributed by atoms with Gasteiger partial charge < -0.3 is 4.74 Å². The van der Waals surface area contributed by atoms with Crippen molar-refractivity contribution in [2.75, 3.05) is 6.61 Å². The monoisotopic (exact) mass is 191 g/mol. The molecule has 1 unspecified atom stereocenters. The molecule has 0 aliphatic carbocycles. The van der Waals surface area contributed by atoms with E-state index in [9.17, 15) is 4.57 Å². The highest BCUT2D eigenvalue weighted by atomic mass is 31.1. The van der Waals surface area contributed by atoms with Crippen molar-refractivity contribution >= 4 is 8.03 Å². The van der Waals surface area contributed by atoms with Gasteiger partial charge in [0.2, 0.25) is 5.31 Å². The molecule has 4 heteroatoms. The maximum Gasteiger partial charge on any atom is 0.545 e. The highest BCUT2D eigenvalue weighted by Crippen LogP contribution is 2.41. The molecule has 0 bridgehead atoms. The molecule has 1 atom stereocenters. The smallest absolute Gasteiger partial charge is 0.497 e. The number of hydrogen-bond acceptors (Lipinski definition) is 2. The molecule has 0 aromatic carbocycles. The topological polar surface area (TPSA) is 46.5 Å². The van der Waals surface area contributed by atoms with Gasteiger partial charge in [-0.05, 0) is 11.5 Å². The number of allylic oxidation sites excluding steroid dienone is 1. The van der Waals surface area contributed by atoms with E-state index in [-0.39, 0.29) is 5.41 Å². The van der Waals surface area contributed by atoms with Gasteiger partial charge in [0, 0.05) is 5.41 Å². The van der Waals surface area contributed by atoms with Crippen LogP contribution in [0.25, 0.3) is 0 Å². The first-order valence-electron chi connectivity index (χ1n) is 3.88. The van der Waals surface area contributed by atoms with Crippen molar-refractivity contribution in [3.63, 3.8) is 0 Å². The minimum atomic E-state index is -2.28. The summed E-state index contributed by atoms with van der Waals surface area (Å²) in [5.74, 6) is 0. The van der Waals surface area contributed by atoms with Crippen molar-refractivity contribution in [2.45, 2.75) is 27.7 Å². The van der Waals surface area contributed by atoms with E-state index in [4.69, 9.17) is 9.63 Å². The Morgan fingerprint density at radius 1 is 1.58 bits per heavy atom. The zero-order chi connectivity index (χ0) is 9.78. The first-order chi connectivity index (χ1) is 5.39. The van der Waals surface area contributed by atoms with Gasteiger partial charge in [-0.25, -0.2) is 0 Å². The lowest BCUT2D eigenvalue weighted by Gasteiger charge is -2.11. The average molecular weight is 191 g/mol. The van der Waals surface area contributed by atoms with E-state index in [1.165, 1.54) is 6.26 Å². The van der Waals surface area contributed by atoms with Crippen LogP contribution in [0.5, 0.6) is 0 Å². The third-order valence-corrected chi connectivity index (χ3v) is 2.52. The van der Waals surface area contributed by atoms with Gasteiger partial charge in [-0.1, -0.05) is 20.8 Å². The van der Waals surface area contributed by atoms with Crippen LogP contribution in [0.2, 0.25) is 0 Å². The predicted molar refractivity (Wildman–Crippen MR) is 49.0 cm³/mol. The Balaban J connectivity index is 4.56. The molecule has 0 saturated carbocycles. The third kappa shape index (κ3) is 3.84. The van der Waals surface area contributed by atoms with Crippen molar-refractivity contribution < 1.29 is 14.2 Å². The lowest BCUT2D eigenvalue weighted by Crippen LogP contribution is -2.07. The Labute approximate surface area is 74.3 Å². The van der Waals surface area contributed by atoms with E-state index in [1.807, 2.05) is 27.7 Å². The Kier molecular flexibility index (Phi) is 4.43. The molecule has 0 aliphatic heterocycles. The molecular weight excluding hydrogens is 175 g/mol. The van der Waals surface area contributed by atoms with E-state index >= 15 is 0 Å². The highest BCUT2D eigenvalue weighted by molar-refractivity contribution is 7.43. The first-order valence-corrected chi connectivity index (χ1v) is 5.09. The van der Waals surface area contributed by atoms with Crippen LogP contribution >= 0.6 is 8.03 Å². The van der Waals surface area contributed by atoms with Crippen molar-refractivity contribution in [3.05, 3.63) is 11.6 Å². The Hall–Kier alpha value is -0.400. The van der Waals surface area contributed by atoms with E-state index in [2.05, 4.69) is 0 Å². The lowest BCUT2D eigenvalue weighted by atomic mass is 9.97. The number of rotatable bonds is 3. The molecule has 3 nitrogen and oxygen atoms in total. The molecule has 0 fully saturated rings. The molecule has 0 saturated heterocycles. The summed E-state index contributed by atoms with van der Waals surface area (Å²) in [5, 5.41) is 0.444. The van der Waals surface area contributed by atoms with Crippen LogP contribution in [0, 0.1) is 5.41 Å². The molecule has 0 radical (unpaired) electrons. The standard InChI is InChI=1S/C8H15O3P/c1-5-11-6-7(12(9)10)8(2,3)4/h6H,5H2,1-4H3/p+1/b7-6+. The second-order valence-electron chi connectivity index (χ2n) is 3.48. The van der Waals surface area contributed by atoms with Gasteiger partial charge in [-0.3, -0.25) is 0 Å². The predicted octanol–water partition coefficient (Wildman–Crippen LogP) is 2.65. The maximum atomic E-state index is 10.9. The van der Waals surface area contributed by atoms with Gasteiger partial charge in [0.25, 0.3) is 0 Å². The summed E-state index contributed by atoms with van der Waals surface area (Å²) in [4.78, 5) is 8.94. The van der Waals surface area contributed by atoms with Gasteiger partial charge in [-0.15, -0.1) is 0 Å². The Morgan fingerprint density at radius 3 is 2.33 bits per heavy atom. The average Bonchev–Trinajstić information content (AvgIpc) is 1.84. The molecule has 70 valence electrons. The van der Waals surface area contributed by atoms with Crippen LogP contribution in [0.1, 0.15) is 27.7 Å². The van der Waals surface area contributed by atoms with Crippen LogP contribution in [0.15, 0.2) is 11.6 Å². The summed E-state index contributed by atoms with van der Waals surface area (Å²) in [5.41, 5.74) is -0.308.